The maximum atomic E-state index is 11.9. The average molecular weight is 272 g/mol. The van der Waals surface area contributed by atoms with Crippen molar-refractivity contribution in [2.45, 2.75) is 51.7 Å². The third-order valence-electron chi connectivity index (χ3n) is 3.85. The number of benzene rings is 1. The molecule has 19 heavy (non-hydrogen) atoms. The van der Waals surface area contributed by atoms with Crippen LogP contribution in [0.1, 0.15) is 44.0 Å². The van der Waals surface area contributed by atoms with Crippen LogP contribution in [0.25, 0.3) is 0 Å². The zero-order chi connectivity index (χ0) is 14.5. The highest BCUT2D eigenvalue weighted by atomic mass is 28.3. The molecule has 0 aromatic heterocycles. The lowest BCUT2D eigenvalue weighted by molar-refractivity contribution is 0.0984. The fraction of sp³-hybridized carbons (Fsp3) is 0.471. The molecule has 0 N–H and O–H groups in total. The zero-order valence-electron chi connectivity index (χ0n) is 12.7. The van der Waals surface area contributed by atoms with Gasteiger partial charge in [0.25, 0.3) is 0 Å². The Morgan fingerprint density at radius 3 is 2.26 bits per heavy atom. The number of carbonyl (C=O) groups is 1. The maximum Gasteiger partial charge on any atom is 0.163 e. The lowest BCUT2D eigenvalue weighted by atomic mass is 10.1. The molecule has 0 fully saturated rings. The van der Waals surface area contributed by atoms with Gasteiger partial charge in [-0.15, -0.1) is 11.5 Å². The number of hydrogen-bond acceptors (Lipinski definition) is 1. The molecule has 102 valence electrons. The third kappa shape index (κ3) is 4.68. The van der Waals surface area contributed by atoms with Crippen LogP contribution in [0, 0.1) is 11.5 Å². The second kappa shape index (κ2) is 6.21. The molecule has 0 saturated heterocycles. The van der Waals surface area contributed by atoms with Gasteiger partial charge in [-0.3, -0.25) is 4.79 Å². The lowest BCUT2D eigenvalue weighted by Crippen LogP contribution is -2.35. The topological polar surface area (TPSA) is 17.1 Å². The van der Waals surface area contributed by atoms with Crippen LogP contribution >= 0.6 is 0 Å². The van der Waals surface area contributed by atoms with Crippen LogP contribution in [0.5, 0.6) is 0 Å². The first-order valence-electron chi connectivity index (χ1n) is 6.82. The SMILES string of the molecule is CC(C)(C)[Si](C)(C)C#CCCC(=O)c1ccccc1. The van der Waals surface area contributed by atoms with Gasteiger partial charge in [-0.05, 0) is 5.04 Å². The minimum absolute atomic E-state index is 0.185. The Bertz CT molecular complexity index is 483. The van der Waals surface area contributed by atoms with Gasteiger partial charge in [0.15, 0.2) is 5.78 Å². The highest BCUT2D eigenvalue weighted by Gasteiger charge is 2.33. The van der Waals surface area contributed by atoms with Gasteiger partial charge in [0.05, 0.1) is 0 Å². The number of hydrogen-bond donors (Lipinski definition) is 0. The molecular formula is C17H24OSi. The van der Waals surface area contributed by atoms with Crippen molar-refractivity contribution in [1.29, 1.82) is 0 Å². The Hall–Kier alpha value is -1.33. The number of Topliss-reactive ketones (excluding diaryl/α,β-unsaturated/α-hetero) is 1. The second-order valence-electron chi connectivity index (χ2n) is 6.47. The zero-order valence-corrected chi connectivity index (χ0v) is 13.7. The maximum absolute atomic E-state index is 11.9. The van der Waals surface area contributed by atoms with E-state index in [-0.39, 0.29) is 10.8 Å². The van der Waals surface area contributed by atoms with Crippen molar-refractivity contribution in [3.63, 3.8) is 0 Å². The Morgan fingerprint density at radius 1 is 1.16 bits per heavy atom. The largest absolute Gasteiger partial charge is 0.294 e. The molecule has 0 bridgehead atoms. The molecule has 1 aromatic carbocycles. The van der Waals surface area contributed by atoms with Crippen LogP contribution in [0.15, 0.2) is 30.3 Å². The summed E-state index contributed by atoms with van der Waals surface area (Å²) in [4.78, 5) is 11.9. The Kier molecular flexibility index (Phi) is 5.14. The summed E-state index contributed by atoms with van der Waals surface area (Å²) < 4.78 is 0. The third-order valence-corrected chi connectivity index (χ3v) is 8.40. The summed E-state index contributed by atoms with van der Waals surface area (Å²) in [6.45, 7) is 11.3. The highest BCUT2D eigenvalue weighted by molar-refractivity contribution is 6.87. The predicted octanol–water partition coefficient (Wildman–Crippen LogP) is 4.70. The fourth-order valence-corrected chi connectivity index (χ4v) is 2.36. The number of ketones is 1. The van der Waals surface area contributed by atoms with Crippen molar-refractivity contribution >= 4 is 13.9 Å². The van der Waals surface area contributed by atoms with E-state index in [0.29, 0.717) is 12.8 Å². The summed E-state index contributed by atoms with van der Waals surface area (Å²) in [5.41, 5.74) is 4.23. The van der Waals surface area contributed by atoms with Gasteiger partial charge in [-0.2, -0.15) is 0 Å². The standard InChI is InChI=1S/C17H24OSi/c1-17(2,3)19(4,5)14-10-9-13-16(18)15-11-7-6-8-12-15/h6-8,11-12H,9,13H2,1-5H3. The Morgan fingerprint density at radius 2 is 1.74 bits per heavy atom. The van der Waals surface area contributed by atoms with Crippen molar-refractivity contribution in [1.82, 2.24) is 0 Å². The van der Waals surface area contributed by atoms with Crippen LogP contribution < -0.4 is 0 Å². The van der Waals surface area contributed by atoms with Crippen LogP contribution in [-0.2, 0) is 0 Å². The molecule has 2 heteroatoms. The summed E-state index contributed by atoms with van der Waals surface area (Å²) in [7, 11) is -1.53. The van der Waals surface area contributed by atoms with E-state index in [1.165, 1.54) is 0 Å². The molecule has 1 rings (SSSR count). The summed E-state index contributed by atoms with van der Waals surface area (Å²) in [5, 5.41) is 0.281. The van der Waals surface area contributed by atoms with Crippen LogP contribution in [-0.4, -0.2) is 13.9 Å². The van der Waals surface area contributed by atoms with Crippen molar-refractivity contribution in [3.8, 4) is 11.5 Å². The molecule has 0 unspecified atom stereocenters. The van der Waals surface area contributed by atoms with Gasteiger partial charge in [0, 0.05) is 18.4 Å². The quantitative estimate of drug-likeness (QED) is 0.443. The first-order chi connectivity index (χ1) is 8.74. The smallest absolute Gasteiger partial charge is 0.163 e. The number of carbonyl (C=O) groups excluding carboxylic acids is 1. The van der Waals surface area contributed by atoms with Gasteiger partial charge in [0.1, 0.15) is 8.07 Å². The molecule has 1 nitrogen and oxygen atoms in total. The molecule has 0 radical (unpaired) electrons. The van der Waals surface area contributed by atoms with Gasteiger partial charge in [-0.25, -0.2) is 0 Å². The van der Waals surface area contributed by atoms with E-state index >= 15 is 0 Å². The summed E-state index contributed by atoms with van der Waals surface area (Å²) in [5.74, 6) is 3.41. The van der Waals surface area contributed by atoms with E-state index < -0.39 is 8.07 Å². The normalized spacial score (nSPS) is 11.6. The molecule has 0 amide bonds. The molecule has 0 spiro atoms. The number of rotatable bonds is 3. The highest BCUT2D eigenvalue weighted by Crippen LogP contribution is 2.35. The van der Waals surface area contributed by atoms with Gasteiger partial charge >= 0.3 is 0 Å². The first kappa shape index (κ1) is 15.7. The Balaban J connectivity index is 2.55. The molecule has 0 saturated carbocycles. The van der Waals surface area contributed by atoms with Crippen LogP contribution in [0.2, 0.25) is 18.1 Å². The van der Waals surface area contributed by atoms with E-state index in [1.54, 1.807) is 0 Å². The van der Waals surface area contributed by atoms with Crippen molar-refractivity contribution in [3.05, 3.63) is 35.9 Å². The van der Waals surface area contributed by atoms with E-state index in [2.05, 4.69) is 45.3 Å². The monoisotopic (exact) mass is 272 g/mol. The molecule has 0 heterocycles. The second-order valence-corrected chi connectivity index (χ2v) is 11.5. The molecule has 0 aliphatic heterocycles. The van der Waals surface area contributed by atoms with E-state index in [4.69, 9.17) is 0 Å². The average Bonchev–Trinajstić information content (AvgIpc) is 2.34. The fourth-order valence-electron chi connectivity index (χ4n) is 1.42. The predicted molar refractivity (Wildman–Crippen MR) is 85.0 cm³/mol. The van der Waals surface area contributed by atoms with E-state index in [9.17, 15) is 4.79 Å². The van der Waals surface area contributed by atoms with E-state index in [0.717, 1.165) is 5.56 Å². The molecule has 0 aliphatic rings. The Labute approximate surface area is 118 Å². The van der Waals surface area contributed by atoms with Gasteiger partial charge in [-0.1, -0.05) is 64.2 Å². The molecular weight excluding hydrogens is 248 g/mol. The molecule has 1 aromatic rings. The van der Waals surface area contributed by atoms with Gasteiger partial charge in [0.2, 0.25) is 0 Å². The summed E-state index contributed by atoms with van der Waals surface area (Å²) in [6.07, 6.45) is 1.19. The molecule has 0 atom stereocenters. The van der Waals surface area contributed by atoms with Crippen LogP contribution in [0.3, 0.4) is 0 Å². The van der Waals surface area contributed by atoms with Crippen molar-refractivity contribution < 1.29 is 4.79 Å². The lowest BCUT2D eigenvalue weighted by Gasteiger charge is -2.31. The van der Waals surface area contributed by atoms with Crippen molar-refractivity contribution in [2.24, 2.45) is 0 Å². The minimum atomic E-state index is -1.53. The summed E-state index contributed by atoms with van der Waals surface area (Å²) in [6, 6.07) is 9.45. The van der Waals surface area contributed by atoms with Crippen molar-refractivity contribution in [2.75, 3.05) is 0 Å². The van der Waals surface area contributed by atoms with Gasteiger partial charge < -0.3 is 0 Å². The molecule has 0 aliphatic carbocycles. The van der Waals surface area contributed by atoms with Crippen LogP contribution in [0.4, 0.5) is 0 Å². The minimum Gasteiger partial charge on any atom is -0.294 e. The summed E-state index contributed by atoms with van der Waals surface area (Å²) >= 11 is 0. The van der Waals surface area contributed by atoms with E-state index in [1.807, 2.05) is 30.3 Å². The first-order valence-corrected chi connectivity index (χ1v) is 9.82.